The number of rotatable bonds is 5. The summed E-state index contributed by atoms with van der Waals surface area (Å²) in [5.41, 5.74) is 6.02. The number of carbonyl (C=O) groups is 1. The monoisotopic (exact) mass is 310 g/mol. The van der Waals surface area contributed by atoms with E-state index in [-0.39, 0.29) is 16.3 Å². The molecule has 0 aliphatic heterocycles. The van der Waals surface area contributed by atoms with Crippen molar-refractivity contribution < 1.29 is 23.1 Å². The zero-order chi connectivity index (χ0) is 15.6. The summed E-state index contributed by atoms with van der Waals surface area (Å²) in [5, 5.41) is 9.49. The second kappa shape index (κ2) is 5.37. The number of nitrogens with two attached hydrogens (primary N) is 1. The van der Waals surface area contributed by atoms with Gasteiger partial charge in [-0.05, 0) is 23.6 Å². The molecule has 0 heterocycles. The Kier molecular flexibility index (Phi) is 3.76. The highest BCUT2D eigenvalue weighted by Gasteiger charge is 2.16. The van der Waals surface area contributed by atoms with Crippen molar-refractivity contribution >= 4 is 32.5 Å². The van der Waals surface area contributed by atoms with Crippen LogP contribution < -0.4 is 10.5 Å². The zero-order valence-corrected chi connectivity index (χ0v) is 11.3. The van der Waals surface area contributed by atoms with Gasteiger partial charge in [-0.15, -0.1) is 4.91 Å². The van der Waals surface area contributed by atoms with Crippen LogP contribution in [0.3, 0.4) is 0 Å². The van der Waals surface area contributed by atoms with Crippen LogP contribution in [0.15, 0.2) is 39.8 Å². The number of fused-ring (bicyclic) bond motifs is 1. The fraction of sp³-hybridized carbons (Fsp3) is 0.0833. The summed E-state index contributed by atoms with van der Waals surface area (Å²) in [6.07, 6.45) is 0. The van der Waals surface area contributed by atoms with Crippen molar-refractivity contribution in [3.63, 3.8) is 0 Å². The van der Waals surface area contributed by atoms with Crippen molar-refractivity contribution in [2.24, 2.45) is 4.58 Å². The van der Waals surface area contributed by atoms with E-state index in [0.29, 0.717) is 10.8 Å². The molecule has 21 heavy (non-hydrogen) atoms. The van der Waals surface area contributed by atoms with E-state index in [2.05, 4.69) is 4.58 Å². The Labute approximate surface area is 119 Å². The number of carboxylic acids is 1. The third-order valence-electron chi connectivity index (χ3n) is 2.74. The van der Waals surface area contributed by atoms with Crippen LogP contribution in [0, 0.1) is 4.91 Å². The Balaban J connectivity index is 2.51. The van der Waals surface area contributed by atoms with Crippen LogP contribution in [0.1, 0.15) is 0 Å². The van der Waals surface area contributed by atoms with E-state index in [1.807, 2.05) is 0 Å². The summed E-state index contributed by atoms with van der Waals surface area (Å²) in [7, 11) is -4.21. The van der Waals surface area contributed by atoms with Gasteiger partial charge < -0.3 is 15.6 Å². The van der Waals surface area contributed by atoms with E-state index < -0.39 is 22.6 Å². The van der Waals surface area contributed by atoms with E-state index >= 15 is 0 Å². The molecule has 0 fully saturated rings. The third-order valence-corrected chi connectivity index (χ3v) is 3.79. The molecular formula is C12H10N2O6S. The first-order valence-electron chi connectivity index (χ1n) is 5.61. The second-order valence-electron chi connectivity index (χ2n) is 4.09. The molecule has 0 unspecified atom stereocenters. The van der Waals surface area contributed by atoms with Gasteiger partial charge >= 0.3 is 16.0 Å². The molecule has 9 heteroatoms. The van der Waals surface area contributed by atoms with Crippen molar-refractivity contribution in [2.75, 3.05) is 12.3 Å². The van der Waals surface area contributed by atoms with Crippen LogP contribution in [0.25, 0.3) is 10.8 Å². The molecule has 0 aliphatic rings. The number of anilines is 1. The average Bonchev–Trinajstić information content (AvgIpc) is 2.46. The lowest BCUT2D eigenvalue weighted by Gasteiger charge is -2.10. The number of hydrogen-bond acceptors (Lipinski definition) is 6. The molecule has 0 atom stereocenters. The minimum atomic E-state index is -4.21. The van der Waals surface area contributed by atoms with Crippen molar-refractivity contribution in [1.29, 1.82) is 0 Å². The van der Waals surface area contributed by atoms with Crippen molar-refractivity contribution in [1.82, 2.24) is 0 Å². The Bertz CT molecular complexity index is 831. The first-order valence-corrected chi connectivity index (χ1v) is 7.05. The summed E-state index contributed by atoms with van der Waals surface area (Å²) in [6.45, 7) is -0.544. The molecule has 8 nitrogen and oxygen atoms in total. The van der Waals surface area contributed by atoms with Gasteiger partial charge in [0.2, 0.25) is 0 Å². The number of nitrogens with zero attached hydrogens (tertiary/aromatic N) is 1. The van der Waals surface area contributed by atoms with Gasteiger partial charge in [0.1, 0.15) is 5.75 Å². The first-order chi connectivity index (χ1) is 9.85. The fourth-order valence-corrected chi connectivity index (χ4v) is 2.38. The van der Waals surface area contributed by atoms with Crippen molar-refractivity contribution in [3.05, 3.63) is 35.2 Å². The predicted octanol–water partition coefficient (Wildman–Crippen LogP) is 1.34. The van der Waals surface area contributed by atoms with Crippen LogP contribution in [-0.4, -0.2) is 26.1 Å². The number of nitroso groups, excluding NO2 is 1. The molecule has 0 amide bonds. The molecule has 2 aromatic rings. The molecule has 0 aromatic heterocycles. The molecule has 0 spiro atoms. The maximum absolute atomic E-state index is 11.4. The highest BCUT2D eigenvalue weighted by molar-refractivity contribution is 7.90. The molecule has 0 saturated heterocycles. The minimum absolute atomic E-state index is 0.175. The lowest BCUT2D eigenvalue weighted by molar-refractivity contribution is -0.139. The Hall–Kier alpha value is -2.68. The van der Waals surface area contributed by atoms with E-state index in [9.17, 15) is 18.1 Å². The van der Waals surface area contributed by atoms with E-state index in [0.717, 1.165) is 0 Å². The fourth-order valence-electron chi connectivity index (χ4n) is 1.78. The van der Waals surface area contributed by atoms with Crippen LogP contribution in [-0.2, 0) is 14.8 Å². The van der Waals surface area contributed by atoms with Crippen LogP contribution >= 0.6 is 0 Å². The minimum Gasteiger partial charge on any atom is -0.480 e. The van der Waals surface area contributed by atoms with Crippen LogP contribution in [0.2, 0.25) is 0 Å². The van der Waals surface area contributed by atoms with E-state index in [1.165, 1.54) is 30.3 Å². The van der Waals surface area contributed by atoms with Crippen molar-refractivity contribution in [3.8, 4) is 5.75 Å². The van der Waals surface area contributed by atoms with Gasteiger partial charge in [-0.25, -0.2) is 4.79 Å². The second-order valence-corrected chi connectivity index (χ2v) is 5.66. The first kappa shape index (κ1) is 14.7. The number of carboxylic acid groups (broad SMARTS) is 1. The molecule has 2 aromatic carbocycles. The van der Waals surface area contributed by atoms with Crippen molar-refractivity contribution in [2.45, 2.75) is 4.90 Å². The smallest absolute Gasteiger partial charge is 0.341 e. The molecule has 0 bridgehead atoms. The number of hydrogen-bond donors (Lipinski definition) is 2. The maximum Gasteiger partial charge on any atom is 0.341 e. The van der Waals surface area contributed by atoms with Gasteiger partial charge in [-0.3, -0.25) is 0 Å². The Morgan fingerprint density at radius 2 is 2.00 bits per heavy atom. The SMILES string of the molecule is Nc1c(OCC(=O)O)ccc2cc(S(=O)(=O)N=O)ccc12. The van der Waals surface area contributed by atoms with Gasteiger partial charge in [0.25, 0.3) is 0 Å². The summed E-state index contributed by atoms with van der Waals surface area (Å²) in [6, 6.07) is 6.77. The van der Waals surface area contributed by atoms with Gasteiger partial charge in [0.15, 0.2) is 6.61 Å². The number of benzene rings is 2. The standard InChI is InChI=1S/C12H10N2O6S/c13-12-9-3-2-8(21(18,19)14-17)5-7(9)1-4-10(12)20-6-11(15)16/h1-5H,6,13H2,(H,15,16). The lowest BCUT2D eigenvalue weighted by atomic mass is 10.1. The van der Waals surface area contributed by atoms with Gasteiger partial charge in [-0.1, -0.05) is 12.1 Å². The molecular weight excluding hydrogens is 300 g/mol. The summed E-state index contributed by atoms with van der Waals surface area (Å²) < 4.78 is 29.8. The summed E-state index contributed by atoms with van der Waals surface area (Å²) >= 11 is 0. The lowest BCUT2D eigenvalue weighted by Crippen LogP contribution is -2.10. The zero-order valence-electron chi connectivity index (χ0n) is 10.5. The van der Waals surface area contributed by atoms with E-state index in [1.54, 1.807) is 0 Å². The van der Waals surface area contributed by atoms with E-state index in [4.69, 9.17) is 15.6 Å². The number of sulfonamides is 1. The Morgan fingerprint density at radius 1 is 1.29 bits per heavy atom. The number of ether oxygens (including phenoxy) is 1. The maximum atomic E-state index is 11.4. The predicted molar refractivity (Wildman–Crippen MR) is 74.5 cm³/mol. The molecule has 2 rings (SSSR count). The summed E-state index contributed by atoms with van der Waals surface area (Å²) in [5.74, 6) is -0.970. The normalized spacial score (nSPS) is 11.2. The topological polar surface area (TPSA) is 136 Å². The molecule has 3 N–H and O–H groups in total. The molecule has 0 radical (unpaired) electrons. The van der Waals surface area contributed by atoms with Gasteiger partial charge in [0.05, 0.1) is 15.2 Å². The largest absolute Gasteiger partial charge is 0.480 e. The Morgan fingerprint density at radius 3 is 2.62 bits per heavy atom. The summed E-state index contributed by atoms with van der Waals surface area (Å²) in [4.78, 5) is 20.5. The highest BCUT2D eigenvalue weighted by Crippen LogP contribution is 2.32. The van der Waals surface area contributed by atoms with Gasteiger partial charge in [-0.2, -0.15) is 8.42 Å². The van der Waals surface area contributed by atoms with Crippen LogP contribution in [0.4, 0.5) is 5.69 Å². The average molecular weight is 310 g/mol. The van der Waals surface area contributed by atoms with Crippen LogP contribution in [0.5, 0.6) is 5.75 Å². The highest BCUT2D eigenvalue weighted by atomic mass is 32.2. The number of nitrogen functional groups attached to an aromatic ring is 1. The number of aliphatic carboxylic acids is 1. The molecule has 0 aliphatic carbocycles. The quantitative estimate of drug-likeness (QED) is 0.628. The van der Waals surface area contributed by atoms with Gasteiger partial charge in [0, 0.05) is 5.39 Å². The molecule has 110 valence electrons. The molecule has 0 saturated carbocycles. The third kappa shape index (κ3) is 2.92.